The van der Waals surface area contributed by atoms with E-state index in [1.807, 2.05) is 48.5 Å². The molecule has 0 saturated carbocycles. The predicted octanol–water partition coefficient (Wildman–Crippen LogP) is 6.92. The lowest BCUT2D eigenvalue weighted by Gasteiger charge is -2.18. The van der Waals surface area contributed by atoms with Gasteiger partial charge in [0.1, 0.15) is 11.5 Å². The molecule has 0 saturated heterocycles. The normalized spacial score (nSPS) is 12.2. The molecule has 0 heterocycles. The van der Waals surface area contributed by atoms with Gasteiger partial charge in [0.25, 0.3) is 0 Å². The standard InChI is InChI=1S/C11H16BrNO2S.2C2H6/c1-7(13-15)9(12)6-10(8(2)14)16-11(3,4)5;2*1-2/h6,14H,1H2,2-5H3;2*1-2H3/b9-6+,10-8-;;. The molecule has 0 spiro atoms. The Morgan fingerprint density at radius 2 is 1.65 bits per heavy atom. The maximum atomic E-state index is 10.3. The molecule has 3 nitrogen and oxygen atoms in total. The van der Waals surface area contributed by atoms with Gasteiger partial charge in [-0.2, -0.15) is 0 Å². The molecule has 0 fully saturated rings. The summed E-state index contributed by atoms with van der Waals surface area (Å²) in [6.07, 6.45) is 1.65. The second kappa shape index (κ2) is 13.4. The lowest BCUT2D eigenvalue weighted by Crippen LogP contribution is -2.07. The van der Waals surface area contributed by atoms with E-state index in [0.717, 1.165) is 0 Å². The molecule has 118 valence electrons. The summed E-state index contributed by atoms with van der Waals surface area (Å²) >= 11 is 4.69. The molecular formula is C15H28BrNO2S. The van der Waals surface area contributed by atoms with Crippen molar-refractivity contribution in [1.82, 2.24) is 0 Å². The second-order valence-electron chi connectivity index (χ2n) is 4.19. The maximum Gasteiger partial charge on any atom is 0.115 e. The molecule has 0 atom stereocenters. The minimum absolute atomic E-state index is 0.0287. The van der Waals surface area contributed by atoms with Gasteiger partial charge in [-0.1, -0.05) is 55.0 Å². The number of aliphatic hydroxyl groups is 1. The van der Waals surface area contributed by atoms with Gasteiger partial charge < -0.3 is 5.11 Å². The van der Waals surface area contributed by atoms with Gasteiger partial charge >= 0.3 is 0 Å². The largest absolute Gasteiger partial charge is 0.511 e. The molecule has 0 aliphatic carbocycles. The number of nitrogens with zero attached hydrogens (tertiary/aromatic N) is 1. The molecular weight excluding hydrogens is 338 g/mol. The third-order valence-electron chi connectivity index (χ3n) is 1.42. The first-order valence-corrected chi connectivity index (χ1v) is 8.27. The Kier molecular flexibility index (Phi) is 16.4. The number of halogens is 1. The molecule has 0 aromatic carbocycles. The average Bonchev–Trinajstić information content (AvgIpc) is 2.39. The summed E-state index contributed by atoms with van der Waals surface area (Å²) < 4.78 is 0.446. The van der Waals surface area contributed by atoms with Crippen molar-refractivity contribution in [3.05, 3.63) is 38.4 Å². The molecule has 20 heavy (non-hydrogen) atoms. The molecule has 0 aromatic heterocycles. The lowest BCUT2D eigenvalue weighted by atomic mass is 10.3. The van der Waals surface area contributed by atoms with Gasteiger partial charge in [0.2, 0.25) is 0 Å². The van der Waals surface area contributed by atoms with E-state index in [2.05, 4.69) is 27.7 Å². The van der Waals surface area contributed by atoms with E-state index in [-0.39, 0.29) is 16.2 Å². The third-order valence-corrected chi connectivity index (χ3v) is 3.35. The zero-order chi connectivity index (χ0) is 16.9. The topological polar surface area (TPSA) is 49.7 Å². The summed E-state index contributed by atoms with van der Waals surface area (Å²) in [5, 5.41) is 12.3. The van der Waals surface area contributed by atoms with Gasteiger partial charge in [0.15, 0.2) is 0 Å². The summed E-state index contributed by atoms with van der Waals surface area (Å²) in [5.41, 5.74) is 0.105. The van der Waals surface area contributed by atoms with Crippen molar-refractivity contribution >= 4 is 27.7 Å². The highest BCUT2D eigenvalue weighted by molar-refractivity contribution is 9.12. The van der Waals surface area contributed by atoms with Crippen LogP contribution in [0.4, 0.5) is 0 Å². The van der Waals surface area contributed by atoms with Crippen molar-refractivity contribution in [2.75, 3.05) is 0 Å². The summed E-state index contributed by atoms with van der Waals surface area (Å²) in [5.74, 6) is 0.204. The van der Waals surface area contributed by atoms with Gasteiger partial charge in [-0.15, -0.1) is 16.7 Å². The number of allylic oxidation sites excluding steroid dienone is 3. The molecule has 0 aliphatic rings. The van der Waals surface area contributed by atoms with Gasteiger partial charge in [0, 0.05) is 14.1 Å². The summed E-state index contributed by atoms with van der Waals surface area (Å²) in [6, 6.07) is 0. The van der Waals surface area contributed by atoms with Crippen LogP contribution in [0.3, 0.4) is 0 Å². The van der Waals surface area contributed by atoms with E-state index in [1.54, 1.807) is 13.0 Å². The van der Waals surface area contributed by atoms with Crippen molar-refractivity contribution in [3.63, 3.8) is 0 Å². The van der Waals surface area contributed by atoms with E-state index >= 15 is 0 Å². The number of rotatable bonds is 4. The average molecular weight is 366 g/mol. The zero-order valence-corrected chi connectivity index (χ0v) is 16.3. The molecule has 0 aromatic rings. The van der Waals surface area contributed by atoms with Gasteiger partial charge in [-0.3, -0.25) is 0 Å². The highest BCUT2D eigenvalue weighted by Gasteiger charge is 2.15. The van der Waals surface area contributed by atoms with Crippen LogP contribution in [-0.2, 0) is 0 Å². The van der Waals surface area contributed by atoms with Crippen LogP contribution in [0.1, 0.15) is 55.4 Å². The second-order valence-corrected chi connectivity index (χ2v) is 6.92. The predicted molar refractivity (Wildman–Crippen MR) is 97.3 cm³/mol. The molecule has 0 amide bonds. The number of thioether (sulfide) groups is 1. The van der Waals surface area contributed by atoms with Crippen LogP contribution >= 0.6 is 27.7 Å². The maximum absolute atomic E-state index is 10.3. The first-order valence-electron chi connectivity index (χ1n) is 6.66. The van der Waals surface area contributed by atoms with Gasteiger partial charge in [-0.25, -0.2) is 0 Å². The fourth-order valence-electron chi connectivity index (χ4n) is 0.780. The molecule has 1 N–H and O–H groups in total. The molecule has 0 aliphatic heterocycles. The highest BCUT2D eigenvalue weighted by atomic mass is 79.9. The fourth-order valence-corrected chi connectivity index (χ4v) is 2.22. The molecule has 0 rings (SSSR count). The van der Waals surface area contributed by atoms with E-state index < -0.39 is 0 Å². The van der Waals surface area contributed by atoms with Crippen molar-refractivity contribution in [2.24, 2.45) is 5.18 Å². The highest BCUT2D eigenvalue weighted by Crippen LogP contribution is 2.35. The molecule has 0 unspecified atom stereocenters. The van der Waals surface area contributed by atoms with Crippen molar-refractivity contribution in [2.45, 2.75) is 60.1 Å². The molecule has 0 radical (unpaired) electrons. The fraction of sp³-hybridized carbons (Fsp3) is 0.600. The van der Waals surface area contributed by atoms with Crippen molar-refractivity contribution < 1.29 is 5.11 Å². The van der Waals surface area contributed by atoms with Crippen LogP contribution in [0.2, 0.25) is 0 Å². The van der Waals surface area contributed by atoms with Crippen LogP contribution in [0, 0.1) is 4.91 Å². The zero-order valence-electron chi connectivity index (χ0n) is 13.9. The minimum atomic E-state index is -0.0287. The first-order chi connectivity index (χ1) is 9.17. The Morgan fingerprint density at radius 3 is 1.90 bits per heavy atom. The first kappa shape index (κ1) is 24.5. The number of hydrogen-bond donors (Lipinski definition) is 1. The Labute approximate surface area is 136 Å². The van der Waals surface area contributed by atoms with Crippen LogP contribution < -0.4 is 0 Å². The quantitative estimate of drug-likeness (QED) is 0.334. The van der Waals surface area contributed by atoms with Crippen LogP contribution in [0.25, 0.3) is 0 Å². The van der Waals surface area contributed by atoms with E-state index in [4.69, 9.17) is 0 Å². The van der Waals surface area contributed by atoms with Gasteiger partial charge in [0.05, 0.1) is 0 Å². The Balaban J connectivity index is -0.000000656. The van der Waals surface area contributed by atoms with Gasteiger partial charge in [-0.05, 0) is 34.1 Å². The number of nitroso groups, excluding NO2 is 1. The van der Waals surface area contributed by atoms with E-state index in [0.29, 0.717) is 9.39 Å². The summed E-state index contributed by atoms with van der Waals surface area (Å²) in [4.78, 5) is 11.0. The molecule has 5 heteroatoms. The Morgan fingerprint density at radius 1 is 1.25 bits per heavy atom. The van der Waals surface area contributed by atoms with Crippen molar-refractivity contribution in [1.29, 1.82) is 0 Å². The number of aliphatic hydroxyl groups excluding tert-OH is 1. The number of hydrogen-bond acceptors (Lipinski definition) is 4. The van der Waals surface area contributed by atoms with Crippen LogP contribution in [0.15, 0.2) is 38.7 Å². The summed E-state index contributed by atoms with van der Waals surface area (Å²) in [7, 11) is 0. The Bertz CT molecular complexity index is 351. The minimum Gasteiger partial charge on any atom is -0.511 e. The molecule has 0 bridgehead atoms. The smallest absolute Gasteiger partial charge is 0.115 e. The SMILES string of the molecule is C=C(N=O)/C(Br)=C\C(SC(C)(C)C)=C(/C)O.CC.CC. The Hall–Kier alpha value is -0.550. The summed E-state index contributed by atoms with van der Waals surface area (Å²) in [6.45, 7) is 19.2. The lowest BCUT2D eigenvalue weighted by molar-refractivity contribution is 0.413. The third kappa shape index (κ3) is 13.9. The van der Waals surface area contributed by atoms with Crippen LogP contribution in [-0.4, -0.2) is 9.85 Å². The van der Waals surface area contributed by atoms with E-state index in [9.17, 15) is 10.0 Å². The van der Waals surface area contributed by atoms with E-state index in [1.165, 1.54) is 11.8 Å². The van der Waals surface area contributed by atoms with Crippen molar-refractivity contribution in [3.8, 4) is 0 Å². The van der Waals surface area contributed by atoms with Crippen LogP contribution in [0.5, 0.6) is 0 Å². The monoisotopic (exact) mass is 365 g/mol.